The van der Waals surface area contributed by atoms with Gasteiger partial charge >= 0.3 is 0 Å². The number of halogens is 1. The van der Waals surface area contributed by atoms with E-state index in [0.717, 1.165) is 5.56 Å². The first-order chi connectivity index (χ1) is 16.9. The Kier molecular flexibility index (Phi) is 7.67. The van der Waals surface area contributed by atoms with Gasteiger partial charge in [0.1, 0.15) is 23.8 Å². The van der Waals surface area contributed by atoms with Crippen molar-refractivity contribution in [3.8, 4) is 17.0 Å². The Morgan fingerprint density at radius 1 is 1.23 bits per heavy atom. The molecule has 1 aliphatic heterocycles. The van der Waals surface area contributed by atoms with E-state index in [2.05, 4.69) is 19.9 Å². The standard InChI is InChI=1S/C26H30FN5O3/c1-17-12-32(18(2)15-33)26(34)23-8-21(20-5-4-6-22(27)7-20)11-30-25(23)35-24(17)14-31(3)13-19-9-28-16-29-10-19/h4-11,16-18,24,33H,12-15H2,1-3H3/t17-,18-,24-/m1/s1. The number of nitrogens with zero attached hydrogens (tertiary/aromatic N) is 5. The minimum atomic E-state index is -0.381. The lowest BCUT2D eigenvalue weighted by atomic mass is 9.99. The van der Waals surface area contributed by atoms with E-state index in [0.29, 0.717) is 36.3 Å². The van der Waals surface area contributed by atoms with Crippen LogP contribution in [0.2, 0.25) is 0 Å². The molecule has 1 aromatic carbocycles. The molecule has 0 saturated heterocycles. The zero-order valence-electron chi connectivity index (χ0n) is 20.1. The van der Waals surface area contributed by atoms with Crippen molar-refractivity contribution >= 4 is 5.91 Å². The van der Waals surface area contributed by atoms with Crippen LogP contribution in [-0.2, 0) is 6.54 Å². The fraction of sp³-hybridized carbons (Fsp3) is 0.385. The minimum Gasteiger partial charge on any atom is -0.472 e. The molecule has 1 N–H and O–H groups in total. The fourth-order valence-corrected chi connectivity index (χ4v) is 4.24. The van der Waals surface area contributed by atoms with E-state index in [1.54, 1.807) is 41.7 Å². The van der Waals surface area contributed by atoms with Crippen molar-refractivity contribution in [2.24, 2.45) is 5.92 Å². The number of aromatic nitrogens is 3. The number of aliphatic hydroxyl groups excluding tert-OH is 1. The average molecular weight is 480 g/mol. The van der Waals surface area contributed by atoms with E-state index in [1.165, 1.54) is 18.5 Å². The summed E-state index contributed by atoms with van der Waals surface area (Å²) in [6, 6.07) is 7.46. The van der Waals surface area contributed by atoms with Crippen LogP contribution in [0.1, 0.15) is 29.8 Å². The van der Waals surface area contributed by atoms with Gasteiger partial charge < -0.3 is 14.7 Å². The highest BCUT2D eigenvalue weighted by atomic mass is 19.1. The van der Waals surface area contributed by atoms with Crippen LogP contribution >= 0.6 is 0 Å². The Morgan fingerprint density at radius 2 is 2.00 bits per heavy atom. The van der Waals surface area contributed by atoms with E-state index in [-0.39, 0.29) is 42.3 Å². The summed E-state index contributed by atoms with van der Waals surface area (Å²) >= 11 is 0. The molecule has 9 heteroatoms. The van der Waals surface area contributed by atoms with Gasteiger partial charge in [-0.25, -0.2) is 19.3 Å². The molecule has 4 rings (SSSR count). The zero-order chi connectivity index (χ0) is 24.9. The molecular weight excluding hydrogens is 449 g/mol. The van der Waals surface area contributed by atoms with Gasteiger partial charge in [0.2, 0.25) is 5.88 Å². The number of hydrogen-bond acceptors (Lipinski definition) is 7. The number of carbonyl (C=O) groups excluding carboxylic acids is 1. The van der Waals surface area contributed by atoms with Gasteiger partial charge in [0, 0.05) is 55.3 Å². The molecule has 1 amide bonds. The molecular formula is C26H30FN5O3. The monoisotopic (exact) mass is 479 g/mol. The lowest BCUT2D eigenvalue weighted by molar-refractivity contribution is 0.0325. The highest BCUT2D eigenvalue weighted by molar-refractivity contribution is 5.98. The van der Waals surface area contributed by atoms with Crippen LogP contribution in [0.5, 0.6) is 5.88 Å². The van der Waals surface area contributed by atoms with Crippen LogP contribution in [0, 0.1) is 11.7 Å². The van der Waals surface area contributed by atoms with Gasteiger partial charge in [-0.15, -0.1) is 0 Å². The van der Waals surface area contributed by atoms with Gasteiger partial charge in [-0.2, -0.15) is 0 Å². The van der Waals surface area contributed by atoms with Crippen LogP contribution < -0.4 is 4.74 Å². The third-order valence-corrected chi connectivity index (χ3v) is 6.24. The molecule has 35 heavy (non-hydrogen) atoms. The smallest absolute Gasteiger partial charge is 0.259 e. The van der Waals surface area contributed by atoms with Crippen molar-refractivity contribution in [1.82, 2.24) is 24.8 Å². The van der Waals surface area contributed by atoms with Gasteiger partial charge in [0.25, 0.3) is 5.91 Å². The summed E-state index contributed by atoms with van der Waals surface area (Å²) < 4.78 is 20.1. The van der Waals surface area contributed by atoms with Crippen LogP contribution in [0.15, 0.2) is 55.2 Å². The summed E-state index contributed by atoms with van der Waals surface area (Å²) in [5, 5.41) is 9.84. The summed E-state index contributed by atoms with van der Waals surface area (Å²) in [6.45, 7) is 5.31. The number of amides is 1. The highest BCUT2D eigenvalue weighted by Gasteiger charge is 2.34. The first-order valence-electron chi connectivity index (χ1n) is 11.6. The van der Waals surface area contributed by atoms with Gasteiger partial charge in [-0.1, -0.05) is 19.1 Å². The molecule has 8 nitrogen and oxygen atoms in total. The molecule has 0 unspecified atom stereocenters. The summed E-state index contributed by atoms with van der Waals surface area (Å²) in [6.07, 6.45) is 6.38. The Morgan fingerprint density at radius 3 is 2.71 bits per heavy atom. The number of hydrogen-bond donors (Lipinski definition) is 1. The maximum absolute atomic E-state index is 13.8. The van der Waals surface area contributed by atoms with Crippen molar-refractivity contribution in [3.05, 3.63) is 72.2 Å². The van der Waals surface area contributed by atoms with E-state index in [9.17, 15) is 14.3 Å². The van der Waals surface area contributed by atoms with Crippen LogP contribution in [0.4, 0.5) is 4.39 Å². The largest absolute Gasteiger partial charge is 0.472 e. The van der Waals surface area contributed by atoms with E-state index < -0.39 is 0 Å². The molecule has 3 aromatic rings. The third kappa shape index (κ3) is 5.80. The maximum atomic E-state index is 13.8. The van der Waals surface area contributed by atoms with Crippen LogP contribution in [-0.4, -0.2) is 74.7 Å². The fourth-order valence-electron chi connectivity index (χ4n) is 4.24. The number of likely N-dealkylation sites (N-methyl/N-ethyl adjacent to an activating group) is 1. The number of benzene rings is 1. The van der Waals surface area contributed by atoms with E-state index in [1.807, 2.05) is 20.9 Å². The molecule has 3 heterocycles. The Labute approximate surface area is 204 Å². The van der Waals surface area contributed by atoms with Crippen LogP contribution in [0.25, 0.3) is 11.1 Å². The van der Waals surface area contributed by atoms with Gasteiger partial charge in [0.05, 0.1) is 12.6 Å². The second kappa shape index (κ2) is 10.9. The lowest BCUT2D eigenvalue weighted by Crippen LogP contribution is -2.49. The first-order valence-corrected chi connectivity index (χ1v) is 11.6. The molecule has 184 valence electrons. The predicted molar refractivity (Wildman–Crippen MR) is 129 cm³/mol. The first kappa shape index (κ1) is 24.7. The summed E-state index contributed by atoms with van der Waals surface area (Å²) in [5.41, 5.74) is 2.51. The molecule has 2 aromatic heterocycles. The Hall–Kier alpha value is -3.43. The molecule has 0 saturated carbocycles. The third-order valence-electron chi connectivity index (χ3n) is 6.24. The number of aliphatic hydroxyl groups is 1. The summed E-state index contributed by atoms with van der Waals surface area (Å²) in [7, 11) is 1.99. The lowest BCUT2D eigenvalue weighted by Gasteiger charge is -2.37. The molecule has 0 spiro atoms. The highest BCUT2D eigenvalue weighted by Crippen LogP contribution is 2.30. The van der Waals surface area contributed by atoms with E-state index >= 15 is 0 Å². The molecule has 0 radical (unpaired) electrons. The normalized spacial score (nSPS) is 19.0. The quantitative estimate of drug-likeness (QED) is 0.557. The molecule has 0 bridgehead atoms. The predicted octanol–water partition coefficient (Wildman–Crippen LogP) is 3.03. The number of ether oxygens (including phenoxy) is 1. The van der Waals surface area contributed by atoms with Gasteiger partial charge in [0.15, 0.2) is 0 Å². The molecule has 0 aliphatic carbocycles. The van der Waals surface area contributed by atoms with Crippen molar-refractivity contribution in [3.63, 3.8) is 0 Å². The maximum Gasteiger partial charge on any atom is 0.259 e. The number of pyridine rings is 1. The van der Waals surface area contributed by atoms with Crippen LogP contribution in [0.3, 0.4) is 0 Å². The number of rotatable bonds is 7. The summed E-state index contributed by atoms with van der Waals surface area (Å²) in [4.78, 5) is 30.0. The Balaban J connectivity index is 1.66. The second-order valence-corrected chi connectivity index (χ2v) is 9.15. The topological polar surface area (TPSA) is 91.7 Å². The number of fused-ring (bicyclic) bond motifs is 1. The molecule has 3 atom stereocenters. The van der Waals surface area contributed by atoms with Crippen molar-refractivity contribution in [1.29, 1.82) is 0 Å². The van der Waals surface area contributed by atoms with Crippen molar-refractivity contribution in [2.45, 2.75) is 32.5 Å². The van der Waals surface area contributed by atoms with Crippen molar-refractivity contribution < 1.29 is 19.0 Å². The Bertz CT molecular complexity index is 1160. The minimum absolute atomic E-state index is 0.0275. The molecule has 0 fully saturated rings. The SMILES string of the molecule is C[C@@H]1CN([C@H](C)CO)C(=O)c2cc(-c3cccc(F)c3)cnc2O[C@@H]1CN(C)Cc1cncnc1. The van der Waals surface area contributed by atoms with Gasteiger partial charge in [-0.3, -0.25) is 9.69 Å². The second-order valence-electron chi connectivity index (χ2n) is 9.15. The molecule has 1 aliphatic rings. The number of carbonyl (C=O) groups is 1. The van der Waals surface area contributed by atoms with Gasteiger partial charge in [-0.05, 0) is 37.7 Å². The summed E-state index contributed by atoms with van der Waals surface area (Å²) in [5.74, 6) is -0.431. The van der Waals surface area contributed by atoms with E-state index in [4.69, 9.17) is 4.74 Å². The average Bonchev–Trinajstić information content (AvgIpc) is 2.86. The van der Waals surface area contributed by atoms with Crippen molar-refractivity contribution in [2.75, 3.05) is 26.7 Å². The zero-order valence-corrected chi connectivity index (χ0v) is 20.1.